The number of hydrogen-bond acceptors (Lipinski definition) is 3. The molecular formula is C16H19N3O3. The van der Waals surface area contributed by atoms with Crippen LogP contribution in [0.5, 0.6) is 0 Å². The maximum absolute atomic E-state index is 12.1. The van der Waals surface area contributed by atoms with Crippen LogP contribution in [0, 0.1) is 0 Å². The topological polar surface area (TPSA) is 84.2 Å². The largest absolute Gasteiger partial charge is 0.480 e. The van der Waals surface area contributed by atoms with E-state index in [2.05, 4.69) is 10.3 Å². The van der Waals surface area contributed by atoms with Gasteiger partial charge < -0.3 is 15.0 Å². The number of nitrogens with one attached hydrogen (secondary N) is 1. The summed E-state index contributed by atoms with van der Waals surface area (Å²) in [6.45, 7) is 1.98. The Morgan fingerprint density at radius 3 is 2.59 bits per heavy atom. The molecule has 22 heavy (non-hydrogen) atoms. The van der Waals surface area contributed by atoms with Gasteiger partial charge in [0.1, 0.15) is 6.04 Å². The third kappa shape index (κ3) is 3.94. The van der Waals surface area contributed by atoms with Gasteiger partial charge in [0, 0.05) is 23.6 Å². The van der Waals surface area contributed by atoms with E-state index in [-0.39, 0.29) is 5.91 Å². The summed E-state index contributed by atoms with van der Waals surface area (Å²) in [5.41, 5.74) is 1.32. The highest BCUT2D eigenvalue weighted by Gasteiger charge is 2.19. The number of amides is 1. The van der Waals surface area contributed by atoms with Gasteiger partial charge in [0.2, 0.25) is 0 Å². The Kier molecular flexibility index (Phi) is 5.30. The van der Waals surface area contributed by atoms with Gasteiger partial charge in [-0.25, -0.2) is 9.78 Å². The third-order valence-corrected chi connectivity index (χ3v) is 3.38. The molecule has 0 bridgehead atoms. The zero-order chi connectivity index (χ0) is 15.9. The van der Waals surface area contributed by atoms with Crippen LogP contribution in [-0.4, -0.2) is 32.6 Å². The molecule has 0 aliphatic heterocycles. The average molecular weight is 301 g/mol. The molecule has 1 amide bonds. The Bertz CT molecular complexity index is 621. The van der Waals surface area contributed by atoms with Crippen LogP contribution >= 0.6 is 0 Å². The quantitative estimate of drug-likeness (QED) is 0.821. The van der Waals surface area contributed by atoms with Crippen molar-refractivity contribution in [2.24, 2.45) is 0 Å². The molecule has 1 heterocycles. The molecule has 6 heteroatoms. The predicted molar refractivity (Wildman–Crippen MR) is 82.0 cm³/mol. The van der Waals surface area contributed by atoms with Crippen LogP contribution in [0.2, 0.25) is 0 Å². The summed E-state index contributed by atoms with van der Waals surface area (Å²) in [6, 6.07) is 6.07. The summed E-state index contributed by atoms with van der Waals surface area (Å²) in [7, 11) is 0. The third-order valence-electron chi connectivity index (χ3n) is 3.38. The first-order valence-electron chi connectivity index (χ1n) is 7.24. The van der Waals surface area contributed by atoms with Gasteiger partial charge >= 0.3 is 5.97 Å². The molecule has 1 aromatic carbocycles. The Morgan fingerprint density at radius 2 is 2.05 bits per heavy atom. The SMILES string of the molecule is CCCC[C@H](NC(=O)c1ccc(-n2ccnc2)cc1)C(=O)O. The number of rotatable bonds is 7. The number of carbonyl (C=O) groups excluding carboxylic acids is 1. The molecule has 0 saturated heterocycles. The average Bonchev–Trinajstić information content (AvgIpc) is 3.05. The zero-order valence-electron chi connectivity index (χ0n) is 12.4. The van der Waals surface area contributed by atoms with Crippen LogP contribution in [0.3, 0.4) is 0 Å². The van der Waals surface area contributed by atoms with E-state index in [0.717, 1.165) is 18.5 Å². The molecule has 2 N–H and O–H groups in total. The van der Waals surface area contributed by atoms with E-state index < -0.39 is 12.0 Å². The first kappa shape index (κ1) is 15.8. The van der Waals surface area contributed by atoms with E-state index >= 15 is 0 Å². The van der Waals surface area contributed by atoms with E-state index in [1.807, 2.05) is 11.5 Å². The molecule has 2 aromatic rings. The van der Waals surface area contributed by atoms with Gasteiger partial charge in [-0.2, -0.15) is 0 Å². The van der Waals surface area contributed by atoms with Crippen molar-refractivity contribution in [3.8, 4) is 5.69 Å². The molecule has 0 fully saturated rings. The fraction of sp³-hybridized carbons (Fsp3) is 0.312. The number of unbranched alkanes of at least 4 members (excludes halogenated alkanes) is 1. The Morgan fingerprint density at radius 1 is 1.32 bits per heavy atom. The van der Waals surface area contributed by atoms with Gasteiger partial charge in [0.05, 0.1) is 6.33 Å². The van der Waals surface area contributed by atoms with Crippen molar-refractivity contribution in [1.82, 2.24) is 14.9 Å². The molecule has 116 valence electrons. The second-order valence-corrected chi connectivity index (χ2v) is 5.02. The Balaban J connectivity index is 2.04. The van der Waals surface area contributed by atoms with Gasteiger partial charge in [0.25, 0.3) is 5.91 Å². The number of aliphatic carboxylic acids is 1. The molecule has 0 aliphatic rings. The van der Waals surface area contributed by atoms with Gasteiger partial charge in [-0.15, -0.1) is 0 Å². The van der Waals surface area contributed by atoms with Crippen molar-refractivity contribution in [2.75, 3.05) is 0 Å². The number of hydrogen-bond donors (Lipinski definition) is 2. The van der Waals surface area contributed by atoms with Crippen LogP contribution in [0.4, 0.5) is 0 Å². The standard InChI is InChI=1S/C16H19N3O3/c1-2-3-4-14(16(21)22)18-15(20)12-5-7-13(8-6-12)19-10-9-17-11-19/h5-11,14H,2-4H2,1H3,(H,18,20)(H,21,22)/t14-/m0/s1. The molecule has 0 aliphatic carbocycles. The van der Waals surface area contributed by atoms with E-state index in [9.17, 15) is 9.59 Å². The minimum atomic E-state index is -1.00. The second kappa shape index (κ2) is 7.40. The number of aromatic nitrogens is 2. The van der Waals surface area contributed by atoms with Crippen LogP contribution in [0.1, 0.15) is 36.5 Å². The summed E-state index contributed by atoms with van der Waals surface area (Å²) in [5, 5.41) is 11.7. The number of carboxylic acids is 1. The van der Waals surface area contributed by atoms with Gasteiger partial charge in [-0.1, -0.05) is 19.8 Å². The molecule has 1 aromatic heterocycles. The molecule has 2 rings (SSSR count). The number of nitrogens with zero attached hydrogens (tertiary/aromatic N) is 2. The first-order chi connectivity index (χ1) is 10.6. The van der Waals surface area contributed by atoms with Crippen LogP contribution < -0.4 is 5.32 Å². The fourth-order valence-electron chi connectivity index (χ4n) is 2.10. The Labute approximate surface area is 128 Å². The van der Waals surface area contributed by atoms with Crippen molar-refractivity contribution < 1.29 is 14.7 Å². The highest BCUT2D eigenvalue weighted by Crippen LogP contribution is 2.10. The minimum absolute atomic E-state index is 0.374. The highest BCUT2D eigenvalue weighted by atomic mass is 16.4. The maximum atomic E-state index is 12.1. The molecule has 6 nitrogen and oxygen atoms in total. The maximum Gasteiger partial charge on any atom is 0.326 e. The lowest BCUT2D eigenvalue weighted by molar-refractivity contribution is -0.139. The molecule has 0 unspecified atom stereocenters. The normalized spacial score (nSPS) is 11.9. The summed E-state index contributed by atoms with van der Waals surface area (Å²) in [6.07, 6.45) is 7.23. The van der Waals surface area contributed by atoms with Crippen LogP contribution in [0.25, 0.3) is 5.69 Å². The van der Waals surface area contributed by atoms with Crippen LogP contribution in [0.15, 0.2) is 43.0 Å². The predicted octanol–water partition coefficient (Wildman–Crippen LogP) is 2.25. The lowest BCUT2D eigenvalue weighted by Crippen LogP contribution is -2.40. The lowest BCUT2D eigenvalue weighted by atomic mass is 10.1. The number of imidazole rings is 1. The Hall–Kier alpha value is -2.63. The molecule has 0 saturated carbocycles. The number of carboxylic acid groups (broad SMARTS) is 1. The van der Waals surface area contributed by atoms with E-state index in [1.54, 1.807) is 43.0 Å². The molecule has 0 radical (unpaired) electrons. The summed E-state index contributed by atoms with van der Waals surface area (Å²) in [4.78, 5) is 27.2. The van der Waals surface area contributed by atoms with Crippen molar-refractivity contribution in [3.05, 3.63) is 48.5 Å². The number of benzene rings is 1. The van der Waals surface area contributed by atoms with Crippen molar-refractivity contribution in [1.29, 1.82) is 0 Å². The second-order valence-electron chi connectivity index (χ2n) is 5.02. The lowest BCUT2D eigenvalue weighted by Gasteiger charge is -2.14. The monoisotopic (exact) mass is 301 g/mol. The van der Waals surface area contributed by atoms with E-state index in [1.165, 1.54) is 0 Å². The minimum Gasteiger partial charge on any atom is -0.480 e. The van der Waals surface area contributed by atoms with Crippen LogP contribution in [-0.2, 0) is 4.79 Å². The van der Waals surface area contributed by atoms with Gasteiger partial charge in [0.15, 0.2) is 0 Å². The summed E-state index contributed by atoms with van der Waals surface area (Å²) < 4.78 is 1.82. The van der Waals surface area contributed by atoms with E-state index in [4.69, 9.17) is 5.11 Å². The fourth-order valence-corrected chi connectivity index (χ4v) is 2.10. The first-order valence-corrected chi connectivity index (χ1v) is 7.24. The van der Waals surface area contributed by atoms with Crippen molar-refractivity contribution >= 4 is 11.9 Å². The molecule has 1 atom stereocenters. The zero-order valence-corrected chi connectivity index (χ0v) is 12.4. The smallest absolute Gasteiger partial charge is 0.326 e. The van der Waals surface area contributed by atoms with Gasteiger partial charge in [-0.3, -0.25) is 4.79 Å². The summed E-state index contributed by atoms with van der Waals surface area (Å²) in [5.74, 6) is -1.38. The van der Waals surface area contributed by atoms with Crippen molar-refractivity contribution in [3.63, 3.8) is 0 Å². The molecule has 0 spiro atoms. The van der Waals surface area contributed by atoms with E-state index in [0.29, 0.717) is 12.0 Å². The summed E-state index contributed by atoms with van der Waals surface area (Å²) >= 11 is 0. The van der Waals surface area contributed by atoms with Gasteiger partial charge in [-0.05, 0) is 30.7 Å². The molecular weight excluding hydrogens is 282 g/mol. The van der Waals surface area contributed by atoms with Crippen molar-refractivity contribution in [2.45, 2.75) is 32.2 Å². The highest BCUT2D eigenvalue weighted by molar-refractivity contribution is 5.96. The number of carbonyl (C=O) groups is 2.